The number of nitrogens with one attached hydrogen (secondary N) is 1. The van der Waals surface area contributed by atoms with Crippen LogP contribution in [-0.2, 0) is 6.18 Å². The van der Waals surface area contributed by atoms with Gasteiger partial charge in [0.1, 0.15) is 0 Å². The maximum absolute atomic E-state index is 12.5. The average molecular weight is 308 g/mol. The quantitative estimate of drug-likeness (QED) is 0.884. The summed E-state index contributed by atoms with van der Waals surface area (Å²) in [6.45, 7) is 0. The van der Waals surface area contributed by atoms with Gasteiger partial charge in [-0.1, -0.05) is 23.2 Å². The summed E-state index contributed by atoms with van der Waals surface area (Å²) in [5.74, 6) is 0.325. The highest BCUT2D eigenvalue weighted by Gasteiger charge is 2.30. The fraction of sp³-hybridized carbons (Fsp3) is 0.0909. The van der Waals surface area contributed by atoms with Gasteiger partial charge in [0.2, 0.25) is 0 Å². The van der Waals surface area contributed by atoms with Crippen LogP contribution in [0.25, 0.3) is 0 Å². The monoisotopic (exact) mass is 307 g/mol. The number of anilines is 2. The van der Waals surface area contributed by atoms with Crippen LogP contribution in [0.2, 0.25) is 10.2 Å². The average Bonchev–Trinajstić information content (AvgIpc) is 2.33. The zero-order chi connectivity index (χ0) is 14.0. The number of halogens is 5. The van der Waals surface area contributed by atoms with Gasteiger partial charge < -0.3 is 5.32 Å². The van der Waals surface area contributed by atoms with Crippen LogP contribution in [0.4, 0.5) is 24.7 Å². The Morgan fingerprint density at radius 1 is 1.00 bits per heavy atom. The summed E-state index contributed by atoms with van der Waals surface area (Å²) in [6, 6.07) is 6.02. The van der Waals surface area contributed by atoms with E-state index in [1.807, 2.05) is 0 Å². The SMILES string of the molecule is FC(F)(F)c1ccc(Nc2ccc(Cl)nn2)c(Cl)c1. The fourth-order valence-corrected chi connectivity index (χ4v) is 1.64. The number of alkyl halides is 3. The van der Waals surface area contributed by atoms with Crippen molar-refractivity contribution in [2.24, 2.45) is 0 Å². The fourth-order valence-electron chi connectivity index (χ4n) is 1.31. The molecule has 0 fully saturated rings. The van der Waals surface area contributed by atoms with E-state index in [1.54, 1.807) is 0 Å². The second-order valence-corrected chi connectivity index (χ2v) is 4.35. The van der Waals surface area contributed by atoms with E-state index in [0.29, 0.717) is 11.5 Å². The third-order valence-electron chi connectivity index (χ3n) is 2.19. The van der Waals surface area contributed by atoms with Crippen LogP contribution >= 0.6 is 23.2 Å². The Morgan fingerprint density at radius 3 is 2.26 bits per heavy atom. The molecular weight excluding hydrogens is 302 g/mol. The van der Waals surface area contributed by atoms with Gasteiger partial charge in [-0.15, -0.1) is 10.2 Å². The van der Waals surface area contributed by atoms with E-state index in [2.05, 4.69) is 15.5 Å². The van der Waals surface area contributed by atoms with Crippen molar-refractivity contribution >= 4 is 34.7 Å². The number of aromatic nitrogens is 2. The molecule has 8 heteroatoms. The lowest BCUT2D eigenvalue weighted by molar-refractivity contribution is -0.137. The summed E-state index contributed by atoms with van der Waals surface area (Å²) < 4.78 is 37.4. The van der Waals surface area contributed by atoms with Crippen molar-refractivity contribution in [3.05, 3.63) is 46.1 Å². The molecule has 2 aromatic rings. The van der Waals surface area contributed by atoms with Gasteiger partial charge in [0.15, 0.2) is 11.0 Å². The number of hydrogen-bond acceptors (Lipinski definition) is 3. The molecule has 3 nitrogen and oxygen atoms in total. The van der Waals surface area contributed by atoms with Crippen LogP contribution in [0.15, 0.2) is 30.3 Å². The van der Waals surface area contributed by atoms with Gasteiger partial charge in [0.05, 0.1) is 16.3 Å². The molecule has 1 aromatic heterocycles. The molecule has 2 rings (SSSR count). The third-order valence-corrected chi connectivity index (χ3v) is 2.71. The maximum atomic E-state index is 12.5. The summed E-state index contributed by atoms with van der Waals surface area (Å²) in [4.78, 5) is 0. The lowest BCUT2D eigenvalue weighted by Crippen LogP contribution is -2.05. The molecule has 0 aliphatic carbocycles. The molecule has 0 amide bonds. The van der Waals surface area contributed by atoms with Crippen molar-refractivity contribution in [1.82, 2.24) is 10.2 Å². The molecular formula is C11H6Cl2F3N3. The number of hydrogen-bond donors (Lipinski definition) is 1. The Bertz CT molecular complexity index is 585. The molecule has 0 aliphatic heterocycles. The molecule has 0 aliphatic rings. The normalized spacial score (nSPS) is 11.4. The topological polar surface area (TPSA) is 37.8 Å². The highest BCUT2D eigenvalue weighted by atomic mass is 35.5. The van der Waals surface area contributed by atoms with Gasteiger partial charge in [0.25, 0.3) is 0 Å². The predicted molar refractivity (Wildman–Crippen MR) is 66.8 cm³/mol. The Balaban J connectivity index is 2.24. The molecule has 0 saturated carbocycles. The molecule has 0 radical (unpaired) electrons. The summed E-state index contributed by atoms with van der Waals surface area (Å²) in [5.41, 5.74) is -0.517. The molecule has 1 heterocycles. The highest BCUT2D eigenvalue weighted by Crippen LogP contribution is 2.34. The van der Waals surface area contributed by atoms with Gasteiger partial charge in [-0.3, -0.25) is 0 Å². The molecule has 0 bridgehead atoms. The first-order chi connectivity index (χ1) is 8.86. The molecule has 0 spiro atoms. The number of nitrogens with zero attached hydrogens (tertiary/aromatic N) is 2. The van der Waals surface area contributed by atoms with Gasteiger partial charge in [-0.2, -0.15) is 13.2 Å². The van der Waals surface area contributed by atoms with Gasteiger partial charge in [-0.25, -0.2) is 0 Å². The zero-order valence-electron chi connectivity index (χ0n) is 9.17. The van der Waals surface area contributed by atoms with E-state index < -0.39 is 11.7 Å². The Hall–Kier alpha value is -1.53. The predicted octanol–water partition coefficient (Wildman–Crippen LogP) is 4.55. The van der Waals surface area contributed by atoms with Crippen LogP contribution in [0, 0.1) is 0 Å². The lowest BCUT2D eigenvalue weighted by Gasteiger charge is -2.11. The van der Waals surface area contributed by atoms with Gasteiger partial charge in [0, 0.05) is 0 Å². The van der Waals surface area contributed by atoms with Gasteiger partial charge >= 0.3 is 6.18 Å². The molecule has 0 atom stereocenters. The van der Waals surface area contributed by atoms with Crippen molar-refractivity contribution in [2.45, 2.75) is 6.18 Å². The summed E-state index contributed by atoms with van der Waals surface area (Å²) >= 11 is 11.3. The lowest BCUT2D eigenvalue weighted by atomic mass is 10.2. The van der Waals surface area contributed by atoms with Crippen LogP contribution in [0.5, 0.6) is 0 Å². The maximum Gasteiger partial charge on any atom is 0.416 e. The zero-order valence-corrected chi connectivity index (χ0v) is 10.7. The van der Waals surface area contributed by atoms with Crippen molar-refractivity contribution in [3.8, 4) is 0 Å². The minimum Gasteiger partial charge on any atom is -0.338 e. The molecule has 0 saturated heterocycles. The smallest absolute Gasteiger partial charge is 0.338 e. The van der Waals surface area contributed by atoms with Crippen LogP contribution in [0.1, 0.15) is 5.56 Å². The Kier molecular flexibility index (Phi) is 3.82. The first-order valence-electron chi connectivity index (χ1n) is 4.99. The first kappa shape index (κ1) is 13.9. The second-order valence-electron chi connectivity index (χ2n) is 3.56. The van der Waals surface area contributed by atoms with E-state index in [1.165, 1.54) is 18.2 Å². The minimum atomic E-state index is -4.43. The van der Waals surface area contributed by atoms with Crippen LogP contribution < -0.4 is 5.32 Å². The largest absolute Gasteiger partial charge is 0.416 e. The molecule has 0 unspecified atom stereocenters. The first-order valence-corrected chi connectivity index (χ1v) is 5.75. The highest BCUT2D eigenvalue weighted by molar-refractivity contribution is 6.33. The molecule has 100 valence electrons. The van der Waals surface area contributed by atoms with Crippen molar-refractivity contribution in [3.63, 3.8) is 0 Å². The van der Waals surface area contributed by atoms with Crippen LogP contribution in [0.3, 0.4) is 0 Å². The second kappa shape index (κ2) is 5.22. The number of rotatable bonds is 2. The summed E-state index contributed by atoms with van der Waals surface area (Å²) in [5, 5.41) is 10.2. The standard InChI is InChI=1S/C11H6Cl2F3N3/c12-7-5-6(11(14,15)16)1-2-8(7)17-10-4-3-9(13)18-19-10/h1-5H,(H,17,19). The Morgan fingerprint density at radius 2 is 1.74 bits per heavy atom. The van der Waals surface area contributed by atoms with Crippen LogP contribution in [-0.4, -0.2) is 10.2 Å². The van der Waals surface area contributed by atoms with Crippen molar-refractivity contribution in [1.29, 1.82) is 0 Å². The van der Waals surface area contributed by atoms with E-state index in [9.17, 15) is 13.2 Å². The van der Waals surface area contributed by atoms with E-state index in [4.69, 9.17) is 23.2 Å². The minimum absolute atomic E-state index is 0.0634. The summed E-state index contributed by atoms with van der Waals surface area (Å²) in [7, 11) is 0. The summed E-state index contributed by atoms with van der Waals surface area (Å²) in [6.07, 6.45) is -4.43. The van der Waals surface area contributed by atoms with Gasteiger partial charge in [-0.05, 0) is 30.3 Å². The molecule has 19 heavy (non-hydrogen) atoms. The van der Waals surface area contributed by atoms with E-state index in [0.717, 1.165) is 12.1 Å². The number of benzene rings is 1. The Labute approximate surface area is 116 Å². The molecule has 1 aromatic carbocycles. The molecule has 1 N–H and O–H groups in total. The third kappa shape index (κ3) is 3.48. The van der Waals surface area contributed by atoms with E-state index >= 15 is 0 Å². The van der Waals surface area contributed by atoms with Crippen molar-refractivity contribution in [2.75, 3.05) is 5.32 Å². The van der Waals surface area contributed by atoms with Crippen molar-refractivity contribution < 1.29 is 13.2 Å². The van der Waals surface area contributed by atoms with E-state index in [-0.39, 0.29) is 10.2 Å².